The van der Waals surface area contributed by atoms with Gasteiger partial charge in [0.2, 0.25) is 0 Å². The lowest BCUT2D eigenvalue weighted by atomic mass is 10.2. The number of fused-ring (bicyclic) bond motifs is 1. The van der Waals surface area contributed by atoms with E-state index in [1.54, 1.807) is 0 Å². The van der Waals surface area contributed by atoms with Crippen molar-refractivity contribution >= 4 is 45.3 Å². The molecule has 2 atom stereocenters. The van der Waals surface area contributed by atoms with E-state index >= 15 is 0 Å². The average Bonchev–Trinajstić information content (AvgIpc) is 2.68. The van der Waals surface area contributed by atoms with Crippen molar-refractivity contribution in [2.24, 2.45) is 0 Å². The molecule has 6 heteroatoms. The van der Waals surface area contributed by atoms with Crippen molar-refractivity contribution in [2.75, 3.05) is 7.11 Å². The largest absolute Gasteiger partial charge is 0.464 e. The minimum atomic E-state index is -0.337. The lowest BCUT2D eigenvalue weighted by Gasteiger charge is -2.10. The lowest BCUT2D eigenvalue weighted by Crippen LogP contribution is -2.29. The summed E-state index contributed by atoms with van der Waals surface area (Å²) >= 11 is 10.9. The second kappa shape index (κ2) is 3.79. The number of nitrogens with one attached hydrogen (secondary N) is 1. The molecule has 0 saturated carbocycles. The summed E-state index contributed by atoms with van der Waals surface area (Å²) < 4.78 is 6.27. The molecule has 2 aliphatic heterocycles. The Morgan fingerprint density at radius 1 is 1.79 bits per heavy atom. The molecule has 0 fully saturated rings. The number of ether oxygens (including phenoxy) is 1. The van der Waals surface area contributed by atoms with Crippen LogP contribution in [0, 0.1) is 0 Å². The first-order valence-electron chi connectivity index (χ1n) is 3.92. The molecule has 2 unspecified atom stereocenters. The van der Waals surface area contributed by atoms with Gasteiger partial charge in [-0.1, -0.05) is 27.5 Å². The molecular formula is C8H7BrClNO2S. The second-order valence-corrected chi connectivity index (χ2v) is 5.54. The van der Waals surface area contributed by atoms with Crippen molar-refractivity contribution in [3.05, 3.63) is 20.6 Å². The number of halogens is 2. The number of esters is 1. The first-order valence-corrected chi connectivity index (χ1v) is 5.97. The zero-order valence-electron chi connectivity index (χ0n) is 7.21. The minimum Gasteiger partial charge on any atom is -0.464 e. The molecule has 2 rings (SSSR count). The third-order valence-electron chi connectivity index (χ3n) is 2.08. The van der Waals surface area contributed by atoms with Crippen LogP contribution in [0.4, 0.5) is 0 Å². The summed E-state index contributed by atoms with van der Waals surface area (Å²) in [6.07, 6.45) is 1.85. The van der Waals surface area contributed by atoms with Crippen LogP contribution in [-0.4, -0.2) is 24.4 Å². The molecule has 0 aliphatic carbocycles. The van der Waals surface area contributed by atoms with E-state index in [-0.39, 0.29) is 17.3 Å². The van der Waals surface area contributed by atoms with Gasteiger partial charge in [-0.15, -0.1) is 11.8 Å². The van der Waals surface area contributed by atoms with Crippen LogP contribution in [0.5, 0.6) is 0 Å². The summed E-state index contributed by atoms with van der Waals surface area (Å²) in [6.45, 7) is 0. The molecule has 0 aromatic carbocycles. The summed E-state index contributed by atoms with van der Waals surface area (Å²) in [5.74, 6) is -0.337. The van der Waals surface area contributed by atoms with E-state index in [9.17, 15) is 4.79 Å². The van der Waals surface area contributed by atoms with Crippen LogP contribution in [0.25, 0.3) is 0 Å². The molecular weight excluding hydrogens is 290 g/mol. The van der Waals surface area contributed by atoms with Gasteiger partial charge in [-0.25, -0.2) is 4.79 Å². The Bertz CT molecular complexity index is 355. The van der Waals surface area contributed by atoms with E-state index in [1.807, 2.05) is 6.08 Å². The predicted octanol–water partition coefficient (Wildman–Crippen LogP) is 1.93. The molecule has 76 valence electrons. The van der Waals surface area contributed by atoms with Gasteiger partial charge in [0.25, 0.3) is 0 Å². The van der Waals surface area contributed by atoms with Crippen molar-refractivity contribution in [1.29, 1.82) is 0 Å². The van der Waals surface area contributed by atoms with Crippen LogP contribution in [0.3, 0.4) is 0 Å². The molecule has 3 nitrogen and oxygen atoms in total. The molecule has 0 aromatic rings. The molecule has 0 radical (unpaired) electrons. The van der Waals surface area contributed by atoms with Crippen molar-refractivity contribution in [3.63, 3.8) is 0 Å². The van der Waals surface area contributed by atoms with Crippen molar-refractivity contribution < 1.29 is 9.53 Å². The summed E-state index contributed by atoms with van der Waals surface area (Å²) in [5.41, 5.74) is 0.510. The first-order chi connectivity index (χ1) is 6.63. The molecule has 0 aromatic heterocycles. The van der Waals surface area contributed by atoms with E-state index in [2.05, 4.69) is 26.0 Å². The van der Waals surface area contributed by atoms with E-state index in [0.29, 0.717) is 5.70 Å². The third kappa shape index (κ3) is 1.57. The predicted molar refractivity (Wildman–Crippen MR) is 60.2 cm³/mol. The molecule has 0 spiro atoms. The number of methoxy groups -OCH3 is 1. The molecule has 0 saturated heterocycles. The molecule has 2 heterocycles. The van der Waals surface area contributed by atoms with Gasteiger partial charge < -0.3 is 10.1 Å². The Balaban J connectivity index is 2.14. The van der Waals surface area contributed by atoms with Crippen molar-refractivity contribution in [3.8, 4) is 0 Å². The summed E-state index contributed by atoms with van der Waals surface area (Å²) in [5, 5.41) is 3.25. The number of thioether (sulfide) groups is 1. The van der Waals surface area contributed by atoms with Gasteiger partial charge in [0.05, 0.1) is 22.8 Å². The van der Waals surface area contributed by atoms with Gasteiger partial charge in [-0.2, -0.15) is 0 Å². The summed E-state index contributed by atoms with van der Waals surface area (Å²) in [4.78, 5) is 11.2. The minimum absolute atomic E-state index is 0.0709. The molecule has 0 bridgehead atoms. The van der Waals surface area contributed by atoms with Gasteiger partial charge in [-0.3, -0.25) is 0 Å². The fraction of sp³-hybridized carbons (Fsp3) is 0.375. The normalized spacial score (nSPS) is 29.8. The number of carbonyl (C=O) groups is 1. The Morgan fingerprint density at radius 3 is 3.07 bits per heavy atom. The van der Waals surface area contributed by atoms with Crippen molar-refractivity contribution in [2.45, 2.75) is 11.3 Å². The van der Waals surface area contributed by atoms with Crippen LogP contribution in [0.2, 0.25) is 0 Å². The highest BCUT2D eigenvalue weighted by Gasteiger charge is 2.39. The molecule has 0 amide bonds. The highest BCUT2D eigenvalue weighted by Crippen LogP contribution is 2.46. The topological polar surface area (TPSA) is 38.3 Å². The van der Waals surface area contributed by atoms with Crippen LogP contribution >= 0.6 is 39.3 Å². The quantitative estimate of drug-likeness (QED) is 0.751. The summed E-state index contributed by atoms with van der Waals surface area (Å²) in [7, 11) is 1.37. The van der Waals surface area contributed by atoms with Gasteiger partial charge in [0, 0.05) is 4.48 Å². The Hall–Kier alpha value is -0.130. The van der Waals surface area contributed by atoms with Gasteiger partial charge in [0.15, 0.2) is 0 Å². The zero-order chi connectivity index (χ0) is 10.3. The van der Waals surface area contributed by atoms with Crippen LogP contribution in [-0.2, 0) is 9.53 Å². The van der Waals surface area contributed by atoms with E-state index in [0.717, 1.165) is 8.85 Å². The second-order valence-electron chi connectivity index (χ2n) is 2.90. The SMILES string of the molecule is COC(=O)C1=CC2SC(Cl)=C(Br)C2N1. The molecule has 2 aliphatic rings. The maximum atomic E-state index is 11.2. The zero-order valence-corrected chi connectivity index (χ0v) is 10.4. The maximum Gasteiger partial charge on any atom is 0.353 e. The number of rotatable bonds is 1. The maximum absolute atomic E-state index is 11.2. The van der Waals surface area contributed by atoms with Crippen LogP contribution in [0.15, 0.2) is 20.6 Å². The van der Waals surface area contributed by atoms with Crippen molar-refractivity contribution in [1.82, 2.24) is 5.32 Å². The number of hydrogen-bond donors (Lipinski definition) is 1. The third-order valence-corrected chi connectivity index (χ3v) is 5.03. The summed E-state index contributed by atoms with van der Waals surface area (Å²) in [6, 6.07) is 0.0709. The Kier molecular flexibility index (Phi) is 2.81. The fourth-order valence-electron chi connectivity index (χ4n) is 1.40. The smallest absolute Gasteiger partial charge is 0.353 e. The number of carbonyl (C=O) groups excluding carboxylic acids is 1. The van der Waals surface area contributed by atoms with E-state index in [1.165, 1.54) is 18.9 Å². The van der Waals surface area contributed by atoms with Gasteiger partial charge in [0.1, 0.15) is 5.70 Å². The first kappa shape index (κ1) is 10.4. The Labute approximate surface area is 99.0 Å². The standard InChI is InChI=1S/C8H7BrClNO2S/c1-13-8(12)3-2-4-6(11-3)5(9)7(10)14-4/h2,4,6,11H,1H3. The lowest BCUT2D eigenvalue weighted by molar-refractivity contribution is -0.136. The Morgan fingerprint density at radius 2 is 2.50 bits per heavy atom. The van der Waals surface area contributed by atoms with Gasteiger partial charge >= 0.3 is 5.97 Å². The molecule has 1 N–H and O–H groups in total. The van der Waals surface area contributed by atoms with Gasteiger partial charge in [-0.05, 0) is 6.08 Å². The van der Waals surface area contributed by atoms with Crippen LogP contribution < -0.4 is 5.32 Å². The highest BCUT2D eigenvalue weighted by atomic mass is 79.9. The average molecular weight is 297 g/mol. The fourth-order valence-corrected chi connectivity index (χ4v) is 3.71. The van der Waals surface area contributed by atoms with E-state index in [4.69, 9.17) is 11.6 Å². The number of hydrogen-bond acceptors (Lipinski definition) is 4. The van der Waals surface area contributed by atoms with Crippen LogP contribution in [0.1, 0.15) is 0 Å². The highest BCUT2D eigenvalue weighted by molar-refractivity contribution is 9.12. The van der Waals surface area contributed by atoms with E-state index < -0.39 is 0 Å². The monoisotopic (exact) mass is 295 g/mol. The molecule has 14 heavy (non-hydrogen) atoms.